The second kappa shape index (κ2) is 9.63. The van der Waals surface area contributed by atoms with Crippen molar-refractivity contribution in [2.24, 2.45) is 0 Å². The first kappa shape index (κ1) is 23.3. The number of hydrogen-bond donors (Lipinski definition) is 1. The van der Waals surface area contributed by atoms with Crippen LogP contribution >= 0.6 is 0 Å². The average Bonchev–Trinajstić information content (AvgIpc) is 2.83. The average molecular weight is 481 g/mol. The van der Waals surface area contributed by atoms with Crippen LogP contribution in [0.3, 0.4) is 0 Å². The van der Waals surface area contributed by atoms with E-state index in [1.165, 1.54) is 11.2 Å². The Morgan fingerprint density at radius 1 is 1.06 bits per heavy atom. The summed E-state index contributed by atoms with van der Waals surface area (Å²) in [6, 6.07) is 6.10. The van der Waals surface area contributed by atoms with Gasteiger partial charge in [-0.2, -0.15) is 0 Å². The van der Waals surface area contributed by atoms with Crippen molar-refractivity contribution < 1.29 is 18.3 Å². The van der Waals surface area contributed by atoms with Crippen LogP contribution < -0.4 is 5.73 Å². The molecule has 0 atom stereocenters. The summed E-state index contributed by atoms with van der Waals surface area (Å²) in [4.78, 5) is 29.6. The molecule has 10 heteroatoms. The SMILES string of the molecule is CCc1ncnc(-c2cc(F)c(C(=O)N3CCN(C4COC4)CC3)c(F)c2)c1-c1ccc(N)nc1. The lowest BCUT2D eigenvalue weighted by Gasteiger charge is -2.42. The number of nitrogens with two attached hydrogens (primary N) is 1. The Morgan fingerprint density at radius 3 is 2.34 bits per heavy atom. The standard InChI is InChI=1S/C25H26F2N6O2/c1-2-20-22(15-3-4-21(28)29-11-15)24(31-14-30-20)16-9-18(26)23(19(27)10-16)25(34)33-7-5-32(6-8-33)17-12-35-13-17/h3-4,9-11,14,17H,2,5-8,12-13H2,1H3,(H2,28,29). The van der Waals surface area contributed by atoms with Crippen molar-refractivity contribution in [3.63, 3.8) is 0 Å². The second-order valence-corrected chi connectivity index (χ2v) is 8.70. The largest absolute Gasteiger partial charge is 0.384 e. The third-order valence-corrected chi connectivity index (χ3v) is 6.60. The summed E-state index contributed by atoms with van der Waals surface area (Å²) >= 11 is 0. The predicted molar refractivity (Wildman–Crippen MR) is 126 cm³/mol. The number of carbonyl (C=O) groups is 1. The number of aromatic nitrogens is 3. The Morgan fingerprint density at radius 2 is 1.77 bits per heavy atom. The molecule has 0 bridgehead atoms. The van der Waals surface area contributed by atoms with Crippen LogP contribution in [0.15, 0.2) is 36.8 Å². The molecule has 2 aromatic heterocycles. The lowest BCUT2D eigenvalue weighted by atomic mass is 9.96. The van der Waals surface area contributed by atoms with E-state index in [1.807, 2.05) is 6.92 Å². The first-order valence-corrected chi connectivity index (χ1v) is 11.6. The smallest absolute Gasteiger partial charge is 0.259 e. The molecule has 2 saturated heterocycles. The summed E-state index contributed by atoms with van der Waals surface area (Å²) in [6.07, 6.45) is 3.52. The Hall–Kier alpha value is -3.50. The molecule has 2 aliphatic rings. The number of carbonyl (C=O) groups excluding carboxylic acids is 1. The number of halogens is 2. The van der Waals surface area contributed by atoms with Gasteiger partial charge < -0.3 is 15.4 Å². The number of ether oxygens (including phenoxy) is 1. The molecule has 182 valence electrons. The molecule has 2 aliphatic heterocycles. The fraction of sp³-hybridized carbons (Fsp3) is 0.360. The predicted octanol–water partition coefficient (Wildman–Crippen LogP) is 2.79. The van der Waals surface area contributed by atoms with Gasteiger partial charge in [0, 0.05) is 49.1 Å². The van der Waals surface area contributed by atoms with E-state index < -0.39 is 23.1 Å². The topological polar surface area (TPSA) is 97.5 Å². The normalized spacial score (nSPS) is 16.8. The maximum atomic E-state index is 15.3. The molecule has 5 rings (SSSR count). The molecule has 0 spiro atoms. The maximum absolute atomic E-state index is 15.3. The Balaban J connectivity index is 1.45. The highest BCUT2D eigenvalue weighted by molar-refractivity contribution is 5.96. The fourth-order valence-electron chi connectivity index (χ4n) is 4.56. The number of pyridine rings is 1. The summed E-state index contributed by atoms with van der Waals surface area (Å²) in [7, 11) is 0. The number of benzene rings is 1. The van der Waals surface area contributed by atoms with Crippen molar-refractivity contribution in [1.29, 1.82) is 0 Å². The minimum Gasteiger partial charge on any atom is -0.384 e. The molecule has 4 heterocycles. The first-order valence-electron chi connectivity index (χ1n) is 11.6. The van der Waals surface area contributed by atoms with E-state index in [9.17, 15) is 4.79 Å². The maximum Gasteiger partial charge on any atom is 0.259 e. The number of aryl methyl sites for hydroxylation is 1. The number of nitrogens with zero attached hydrogens (tertiary/aromatic N) is 5. The summed E-state index contributed by atoms with van der Waals surface area (Å²) in [5, 5.41) is 0. The third-order valence-electron chi connectivity index (χ3n) is 6.60. The molecular weight excluding hydrogens is 454 g/mol. The lowest BCUT2D eigenvalue weighted by molar-refractivity contribution is -0.0746. The van der Waals surface area contributed by atoms with Crippen LogP contribution in [0.1, 0.15) is 23.0 Å². The molecule has 0 radical (unpaired) electrons. The molecular formula is C25H26F2N6O2. The van der Waals surface area contributed by atoms with Gasteiger partial charge in [0.05, 0.1) is 30.6 Å². The minimum atomic E-state index is -0.919. The van der Waals surface area contributed by atoms with Gasteiger partial charge in [0.15, 0.2) is 0 Å². The number of anilines is 1. The monoisotopic (exact) mass is 480 g/mol. The molecule has 1 aromatic carbocycles. The highest BCUT2D eigenvalue weighted by atomic mass is 19.1. The summed E-state index contributed by atoms with van der Waals surface area (Å²) in [6.45, 7) is 5.44. The second-order valence-electron chi connectivity index (χ2n) is 8.70. The summed E-state index contributed by atoms with van der Waals surface area (Å²) in [5.74, 6) is -2.13. The van der Waals surface area contributed by atoms with Crippen LogP contribution in [0.25, 0.3) is 22.4 Å². The highest BCUT2D eigenvalue weighted by Crippen LogP contribution is 2.34. The molecule has 35 heavy (non-hydrogen) atoms. The van der Waals surface area contributed by atoms with Crippen LogP contribution in [0, 0.1) is 11.6 Å². The molecule has 1 amide bonds. The van der Waals surface area contributed by atoms with Gasteiger partial charge in [0.2, 0.25) is 0 Å². The van der Waals surface area contributed by atoms with E-state index in [1.54, 1.807) is 18.3 Å². The van der Waals surface area contributed by atoms with Gasteiger partial charge in [-0.1, -0.05) is 6.92 Å². The zero-order valence-electron chi connectivity index (χ0n) is 19.4. The van der Waals surface area contributed by atoms with Gasteiger partial charge in [-0.15, -0.1) is 0 Å². The van der Waals surface area contributed by atoms with Crippen molar-refractivity contribution in [2.75, 3.05) is 45.1 Å². The third kappa shape index (κ3) is 4.46. The van der Waals surface area contributed by atoms with Gasteiger partial charge in [0.25, 0.3) is 5.91 Å². The van der Waals surface area contributed by atoms with Crippen molar-refractivity contribution in [3.05, 3.63) is 59.7 Å². The quantitative estimate of drug-likeness (QED) is 0.600. The van der Waals surface area contributed by atoms with Crippen molar-refractivity contribution in [3.8, 4) is 22.4 Å². The van der Waals surface area contributed by atoms with E-state index in [2.05, 4.69) is 19.9 Å². The number of piperazine rings is 1. The molecule has 2 fully saturated rings. The molecule has 0 saturated carbocycles. The van der Waals surface area contributed by atoms with Gasteiger partial charge in [-0.25, -0.2) is 23.7 Å². The first-order chi connectivity index (χ1) is 17.0. The van der Waals surface area contributed by atoms with Crippen LogP contribution in [0.5, 0.6) is 0 Å². The Bertz CT molecular complexity index is 1220. The van der Waals surface area contributed by atoms with Crippen LogP contribution in [-0.2, 0) is 11.2 Å². The van der Waals surface area contributed by atoms with Crippen LogP contribution in [0.2, 0.25) is 0 Å². The van der Waals surface area contributed by atoms with E-state index in [0.29, 0.717) is 80.2 Å². The van der Waals surface area contributed by atoms with E-state index >= 15 is 8.78 Å². The molecule has 0 unspecified atom stereocenters. The Kier molecular flexibility index (Phi) is 6.40. The lowest BCUT2D eigenvalue weighted by Crippen LogP contribution is -2.57. The fourth-order valence-corrected chi connectivity index (χ4v) is 4.56. The van der Waals surface area contributed by atoms with Gasteiger partial charge in [-0.05, 0) is 30.7 Å². The molecule has 2 N–H and O–H groups in total. The number of hydrogen-bond acceptors (Lipinski definition) is 7. The zero-order valence-corrected chi connectivity index (χ0v) is 19.4. The Labute approximate surface area is 201 Å². The van der Waals surface area contributed by atoms with Crippen LogP contribution in [-0.4, -0.2) is 76.1 Å². The zero-order chi connectivity index (χ0) is 24.5. The summed E-state index contributed by atoms with van der Waals surface area (Å²) < 4.78 is 35.7. The van der Waals surface area contributed by atoms with E-state index in [4.69, 9.17) is 10.5 Å². The van der Waals surface area contributed by atoms with Crippen LogP contribution in [0.4, 0.5) is 14.6 Å². The number of amides is 1. The number of nitrogen functional groups attached to an aromatic ring is 1. The minimum absolute atomic E-state index is 0.218. The van der Waals surface area contributed by atoms with Crippen molar-refractivity contribution in [2.45, 2.75) is 19.4 Å². The molecule has 0 aliphatic carbocycles. The van der Waals surface area contributed by atoms with Gasteiger partial charge in [-0.3, -0.25) is 9.69 Å². The number of rotatable bonds is 5. The highest BCUT2D eigenvalue weighted by Gasteiger charge is 2.32. The summed E-state index contributed by atoms with van der Waals surface area (Å²) in [5.41, 5.74) is 7.76. The van der Waals surface area contributed by atoms with Gasteiger partial charge >= 0.3 is 0 Å². The van der Waals surface area contributed by atoms with Gasteiger partial charge in [0.1, 0.15) is 29.3 Å². The molecule has 8 nitrogen and oxygen atoms in total. The van der Waals surface area contributed by atoms with Crippen molar-refractivity contribution in [1.82, 2.24) is 24.8 Å². The van der Waals surface area contributed by atoms with E-state index in [0.717, 1.165) is 12.1 Å². The van der Waals surface area contributed by atoms with E-state index in [-0.39, 0.29) is 5.56 Å². The van der Waals surface area contributed by atoms with Crippen molar-refractivity contribution >= 4 is 11.7 Å². The molecule has 3 aromatic rings.